The first-order valence-electron chi connectivity index (χ1n) is 7.34. The van der Waals surface area contributed by atoms with Crippen LogP contribution in [0.4, 0.5) is 11.4 Å². The summed E-state index contributed by atoms with van der Waals surface area (Å²) >= 11 is 0. The molecule has 2 aromatic rings. The van der Waals surface area contributed by atoms with Gasteiger partial charge in [0, 0.05) is 17.7 Å². The molecule has 0 radical (unpaired) electrons. The predicted molar refractivity (Wildman–Crippen MR) is 89.1 cm³/mol. The highest BCUT2D eigenvalue weighted by Crippen LogP contribution is 2.16. The number of carbonyl (C=O) groups is 2. The molecule has 0 aromatic heterocycles. The van der Waals surface area contributed by atoms with Crippen LogP contribution in [-0.2, 0) is 4.79 Å². The molecule has 0 fully saturated rings. The first kappa shape index (κ1) is 16.2. The van der Waals surface area contributed by atoms with Crippen LogP contribution in [0.15, 0.2) is 48.5 Å². The topological polar surface area (TPSA) is 82.0 Å². The summed E-state index contributed by atoms with van der Waals surface area (Å²) in [7, 11) is 0. The Morgan fingerprint density at radius 3 is 2.39 bits per heavy atom. The minimum absolute atomic E-state index is 0.0485. The first-order valence-corrected chi connectivity index (χ1v) is 7.34. The Balaban J connectivity index is 2.06. The maximum absolute atomic E-state index is 12.2. The number of para-hydroxylation sites is 1. The summed E-state index contributed by atoms with van der Waals surface area (Å²) in [5, 5.41) is 14.5. The minimum Gasteiger partial charge on any atom is -0.326 e. The molecule has 0 aliphatic rings. The number of anilines is 2. The molecule has 5 nitrogen and oxygen atoms in total. The second kappa shape index (κ2) is 7.76. The number of nitrogens with zero attached hydrogens (tertiary/aromatic N) is 1. The van der Waals surface area contributed by atoms with Crippen molar-refractivity contribution in [2.75, 3.05) is 10.6 Å². The molecule has 2 N–H and O–H groups in total. The molecule has 5 heteroatoms. The number of benzene rings is 2. The molecule has 0 aliphatic carbocycles. The van der Waals surface area contributed by atoms with Gasteiger partial charge in [-0.1, -0.05) is 19.1 Å². The van der Waals surface area contributed by atoms with Gasteiger partial charge in [-0.15, -0.1) is 0 Å². The van der Waals surface area contributed by atoms with E-state index in [0.717, 1.165) is 6.42 Å². The zero-order valence-corrected chi connectivity index (χ0v) is 12.8. The highest BCUT2D eigenvalue weighted by Gasteiger charge is 2.09. The normalized spacial score (nSPS) is 9.74. The van der Waals surface area contributed by atoms with E-state index in [2.05, 4.69) is 10.6 Å². The molecule has 0 atom stereocenters. The fraction of sp³-hybridized carbons (Fsp3) is 0.167. The van der Waals surface area contributed by atoms with Gasteiger partial charge in [0.1, 0.15) is 6.07 Å². The Hall–Kier alpha value is -3.13. The average molecular weight is 307 g/mol. The monoisotopic (exact) mass is 307 g/mol. The summed E-state index contributed by atoms with van der Waals surface area (Å²) < 4.78 is 0. The molecule has 2 amide bonds. The van der Waals surface area contributed by atoms with Crippen LogP contribution in [-0.4, -0.2) is 11.8 Å². The quantitative estimate of drug-likeness (QED) is 0.886. The van der Waals surface area contributed by atoms with Crippen molar-refractivity contribution in [3.05, 3.63) is 59.7 Å². The van der Waals surface area contributed by atoms with Crippen molar-refractivity contribution in [3.63, 3.8) is 0 Å². The van der Waals surface area contributed by atoms with Crippen LogP contribution in [0, 0.1) is 11.3 Å². The summed E-state index contributed by atoms with van der Waals surface area (Å²) in [6, 6.07) is 15.5. The lowest BCUT2D eigenvalue weighted by atomic mass is 10.1. The van der Waals surface area contributed by atoms with E-state index >= 15 is 0 Å². The van der Waals surface area contributed by atoms with E-state index in [4.69, 9.17) is 5.26 Å². The summed E-state index contributed by atoms with van der Waals surface area (Å²) in [5.74, 6) is -0.355. The van der Waals surface area contributed by atoms with Gasteiger partial charge in [-0.05, 0) is 42.8 Å². The standard InChI is InChI=1S/C18H17N3O2/c1-2-5-17(22)20-15-10-8-13(9-11-15)18(23)21-16-7-4-3-6-14(16)12-19/h3-4,6-11H,2,5H2,1H3,(H,20,22)(H,21,23). The Labute approximate surface area is 134 Å². The van der Waals surface area contributed by atoms with Gasteiger partial charge < -0.3 is 10.6 Å². The number of hydrogen-bond acceptors (Lipinski definition) is 3. The van der Waals surface area contributed by atoms with Gasteiger partial charge in [-0.2, -0.15) is 5.26 Å². The summed E-state index contributed by atoms with van der Waals surface area (Å²) in [6.45, 7) is 1.94. The molecule has 2 aromatic carbocycles. The van der Waals surface area contributed by atoms with E-state index in [1.54, 1.807) is 48.5 Å². The van der Waals surface area contributed by atoms with Crippen LogP contribution in [0.3, 0.4) is 0 Å². The van der Waals surface area contributed by atoms with E-state index in [0.29, 0.717) is 28.9 Å². The van der Waals surface area contributed by atoms with Gasteiger partial charge in [0.2, 0.25) is 5.91 Å². The predicted octanol–water partition coefficient (Wildman–Crippen LogP) is 3.55. The Bertz CT molecular complexity index is 746. The van der Waals surface area contributed by atoms with Crippen molar-refractivity contribution in [1.29, 1.82) is 5.26 Å². The second-order valence-corrected chi connectivity index (χ2v) is 4.99. The van der Waals surface area contributed by atoms with Crippen LogP contribution in [0.25, 0.3) is 0 Å². The van der Waals surface area contributed by atoms with Crippen LogP contribution in [0.5, 0.6) is 0 Å². The smallest absolute Gasteiger partial charge is 0.255 e. The lowest BCUT2D eigenvalue weighted by molar-refractivity contribution is -0.116. The average Bonchev–Trinajstić information content (AvgIpc) is 2.56. The highest BCUT2D eigenvalue weighted by atomic mass is 16.2. The van der Waals surface area contributed by atoms with Gasteiger partial charge in [0.25, 0.3) is 5.91 Å². The lowest BCUT2D eigenvalue weighted by Gasteiger charge is -2.08. The number of nitrogens with one attached hydrogen (secondary N) is 2. The summed E-state index contributed by atoms with van der Waals surface area (Å²) in [6.07, 6.45) is 1.25. The minimum atomic E-state index is -0.306. The molecule has 0 saturated heterocycles. The third kappa shape index (κ3) is 4.42. The largest absolute Gasteiger partial charge is 0.326 e. The van der Waals surface area contributed by atoms with E-state index in [9.17, 15) is 9.59 Å². The molecule has 0 saturated carbocycles. The van der Waals surface area contributed by atoms with Gasteiger partial charge in [-0.25, -0.2) is 0 Å². The number of nitriles is 1. The fourth-order valence-corrected chi connectivity index (χ4v) is 2.04. The van der Waals surface area contributed by atoms with Crippen molar-refractivity contribution in [3.8, 4) is 6.07 Å². The van der Waals surface area contributed by atoms with Gasteiger partial charge in [-0.3, -0.25) is 9.59 Å². The first-order chi connectivity index (χ1) is 11.1. The lowest BCUT2D eigenvalue weighted by Crippen LogP contribution is -2.13. The molecular formula is C18H17N3O2. The van der Waals surface area contributed by atoms with Crippen molar-refractivity contribution in [1.82, 2.24) is 0 Å². The second-order valence-electron chi connectivity index (χ2n) is 4.99. The number of amides is 2. The maximum atomic E-state index is 12.2. The zero-order valence-electron chi connectivity index (χ0n) is 12.8. The van der Waals surface area contributed by atoms with Crippen molar-refractivity contribution in [2.45, 2.75) is 19.8 Å². The zero-order chi connectivity index (χ0) is 16.7. The third-order valence-electron chi connectivity index (χ3n) is 3.20. The Kier molecular flexibility index (Phi) is 5.48. The molecular weight excluding hydrogens is 290 g/mol. The number of carbonyl (C=O) groups excluding carboxylic acids is 2. The van der Waals surface area contributed by atoms with Crippen LogP contribution >= 0.6 is 0 Å². The molecule has 116 valence electrons. The number of rotatable bonds is 5. The SMILES string of the molecule is CCCC(=O)Nc1ccc(C(=O)Nc2ccccc2C#N)cc1. The van der Waals surface area contributed by atoms with E-state index in [-0.39, 0.29) is 11.8 Å². The molecule has 0 bridgehead atoms. The van der Waals surface area contributed by atoms with Gasteiger partial charge in [0.15, 0.2) is 0 Å². The fourth-order valence-electron chi connectivity index (χ4n) is 2.04. The molecule has 0 spiro atoms. The Morgan fingerprint density at radius 1 is 1.04 bits per heavy atom. The summed E-state index contributed by atoms with van der Waals surface area (Å²) in [5.41, 5.74) is 1.98. The Morgan fingerprint density at radius 2 is 1.74 bits per heavy atom. The van der Waals surface area contributed by atoms with Crippen molar-refractivity contribution < 1.29 is 9.59 Å². The number of hydrogen-bond donors (Lipinski definition) is 2. The third-order valence-corrected chi connectivity index (χ3v) is 3.20. The van der Waals surface area contributed by atoms with E-state index < -0.39 is 0 Å². The van der Waals surface area contributed by atoms with Crippen molar-refractivity contribution in [2.24, 2.45) is 0 Å². The molecule has 0 unspecified atom stereocenters. The van der Waals surface area contributed by atoms with Crippen molar-refractivity contribution >= 4 is 23.2 Å². The van der Waals surface area contributed by atoms with E-state index in [1.807, 2.05) is 13.0 Å². The molecule has 0 heterocycles. The highest BCUT2D eigenvalue weighted by molar-refractivity contribution is 6.05. The van der Waals surface area contributed by atoms with Crippen LogP contribution < -0.4 is 10.6 Å². The maximum Gasteiger partial charge on any atom is 0.255 e. The van der Waals surface area contributed by atoms with Gasteiger partial charge in [0.05, 0.1) is 11.3 Å². The van der Waals surface area contributed by atoms with Crippen LogP contribution in [0.1, 0.15) is 35.7 Å². The molecule has 2 rings (SSSR count). The van der Waals surface area contributed by atoms with E-state index in [1.165, 1.54) is 0 Å². The summed E-state index contributed by atoms with van der Waals surface area (Å²) in [4.78, 5) is 23.7. The molecule has 0 aliphatic heterocycles. The van der Waals surface area contributed by atoms with Gasteiger partial charge >= 0.3 is 0 Å². The van der Waals surface area contributed by atoms with Crippen LogP contribution in [0.2, 0.25) is 0 Å². The molecule has 23 heavy (non-hydrogen) atoms.